The number of carbonyl (C=O) groups excluding carboxylic acids is 1. The number of rotatable bonds is 6. The van der Waals surface area contributed by atoms with Crippen LogP contribution in [0.15, 0.2) is 29.4 Å². The maximum Gasteiger partial charge on any atom is 0.221 e. The molecule has 2 rings (SSSR count). The monoisotopic (exact) mass is 308 g/mol. The van der Waals surface area contributed by atoms with Gasteiger partial charge in [-0.15, -0.1) is 11.8 Å². The number of amides is 1. The predicted molar refractivity (Wildman–Crippen MR) is 86.5 cm³/mol. The molecule has 1 amide bonds. The van der Waals surface area contributed by atoms with Gasteiger partial charge in [0.1, 0.15) is 0 Å². The van der Waals surface area contributed by atoms with E-state index >= 15 is 0 Å². The van der Waals surface area contributed by atoms with Crippen LogP contribution < -0.4 is 5.32 Å². The van der Waals surface area contributed by atoms with Gasteiger partial charge in [-0.3, -0.25) is 4.79 Å². The maximum absolute atomic E-state index is 12.0. The van der Waals surface area contributed by atoms with Crippen LogP contribution in [0.1, 0.15) is 6.42 Å². The Kier molecular flexibility index (Phi) is 6.48. The van der Waals surface area contributed by atoms with E-state index in [4.69, 9.17) is 0 Å². The van der Waals surface area contributed by atoms with Crippen LogP contribution in [0.25, 0.3) is 0 Å². The third kappa shape index (κ3) is 5.65. The fraction of sp³-hybridized carbons (Fsp3) is 0.600. The molecule has 0 unspecified atom stereocenters. The Morgan fingerprint density at radius 2 is 2.29 bits per heavy atom. The number of aromatic nitrogens is 1. The van der Waals surface area contributed by atoms with E-state index in [1.165, 1.54) is 0 Å². The zero-order valence-corrected chi connectivity index (χ0v) is 13.6. The Balaban J connectivity index is 1.63. The van der Waals surface area contributed by atoms with E-state index in [0.29, 0.717) is 19.0 Å². The molecule has 0 spiro atoms. The smallest absolute Gasteiger partial charge is 0.221 e. The first-order valence-electron chi connectivity index (χ1n) is 7.34. The summed E-state index contributed by atoms with van der Waals surface area (Å²) in [5.74, 6) is 0.993. The highest BCUT2D eigenvalue weighted by molar-refractivity contribution is 7.99. The van der Waals surface area contributed by atoms with Gasteiger partial charge in [0.05, 0.1) is 5.03 Å². The molecule has 0 aromatic carbocycles. The fourth-order valence-electron chi connectivity index (χ4n) is 2.39. The van der Waals surface area contributed by atoms with Gasteiger partial charge in [0, 0.05) is 50.6 Å². The van der Waals surface area contributed by atoms with Crippen molar-refractivity contribution in [3.63, 3.8) is 0 Å². The van der Waals surface area contributed by atoms with E-state index in [9.17, 15) is 4.79 Å². The van der Waals surface area contributed by atoms with Crippen molar-refractivity contribution < 1.29 is 4.79 Å². The summed E-state index contributed by atoms with van der Waals surface area (Å²) in [5, 5.41) is 4.00. The normalized spacial score (nSPS) is 20.4. The molecule has 0 saturated carbocycles. The molecule has 1 aliphatic rings. The minimum Gasteiger partial charge on any atom is -0.355 e. The van der Waals surface area contributed by atoms with E-state index in [2.05, 4.69) is 34.2 Å². The number of likely N-dealkylation sites (N-methyl/N-ethyl adjacent to an activating group) is 2. The highest BCUT2D eigenvalue weighted by Crippen LogP contribution is 2.13. The van der Waals surface area contributed by atoms with Gasteiger partial charge in [-0.1, -0.05) is 6.07 Å². The van der Waals surface area contributed by atoms with Crippen LogP contribution in [-0.4, -0.2) is 72.8 Å². The summed E-state index contributed by atoms with van der Waals surface area (Å²) in [7, 11) is 4.21. The molecular weight excluding hydrogens is 284 g/mol. The summed E-state index contributed by atoms with van der Waals surface area (Å²) >= 11 is 1.66. The van der Waals surface area contributed by atoms with Crippen molar-refractivity contribution >= 4 is 17.7 Å². The number of carbonyl (C=O) groups is 1. The molecule has 1 fully saturated rings. The van der Waals surface area contributed by atoms with Gasteiger partial charge in [-0.05, 0) is 26.2 Å². The van der Waals surface area contributed by atoms with Crippen molar-refractivity contribution in [2.24, 2.45) is 0 Å². The minimum absolute atomic E-state index is 0.142. The van der Waals surface area contributed by atoms with Crippen LogP contribution >= 0.6 is 11.8 Å². The quantitative estimate of drug-likeness (QED) is 0.626. The minimum atomic E-state index is 0.142. The second kappa shape index (κ2) is 8.36. The molecule has 1 aromatic rings. The number of hydrogen-bond donors (Lipinski definition) is 1. The van der Waals surface area contributed by atoms with Gasteiger partial charge in [0.25, 0.3) is 0 Å². The lowest BCUT2D eigenvalue weighted by Gasteiger charge is -2.37. The molecule has 1 N–H and O–H groups in total. The van der Waals surface area contributed by atoms with Gasteiger partial charge >= 0.3 is 0 Å². The Labute approximate surface area is 131 Å². The first-order valence-corrected chi connectivity index (χ1v) is 8.33. The fourth-order valence-corrected chi connectivity index (χ4v) is 3.11. The number of hydrogen-bond acceptors (Lipinski definition) is 5. The molecule has 0 radical (unpaired) electrons. The van der Waals surface area contributed by atoms with Crippen LogP contribution in [0.4, 0.5) is 0 Å². The van der Waals surface area contributed by atoms with Crippen molar-refractivity contribution in [1.82, 2.24) is 20.1 Å². The van der Waals surface area contributed by atoms with Gasteiger partial charge in [-0.2, -0.15) is 0 Å². The van der Waals surface area contributed by atoms with Gasteiger partial charge in [-0.25, -0.2) is 4.98 Å². The van der Waals surface area contributed by atoms with E-state index in [1.54, 1.807) is 18.0 Å². The average Bonchev–Trinajstić information content (AvgIpc) is 2.48. The van der Waals surface area contributed by atoms with Crippen LogP contribution in [0.2, 0.25) is 0 Å². The summed E-state index contributed by atoms with van der Waals surface area (Å²) in [6, 6.07) is 6.19. The van der Waals surface area contributed by atoms with Gasteiger partial charge < -0.3 is 15.1 Å². The number of thioether (sulfide) groups is 1. The summed E-state index contributed by atoms with van der Waals surface area (Å²) in [6.45, 7) is 3.76. The summed E-state index contributed by atoms with van der Waals surface area (Å²) in [6.07, 6.45) is 2.37. The lowest BCUT2D eigenvalue weighted by molar-refractivity contribution is -0.122. The zero-order valence-electron chi connectivity index (χ0n) is 12.8. The first-order chi connectivity index (χ1) is 10.1. The lowest BCUT2D eigenvalue weighted by atomic mass is 10.1. The maximum atomic E-state index is 12.0. The van der Waals surface area contributed by atoms with Crippen molar-refractivity contribution in [3.8, 4) is 0 Å². The van der Waals surface area contributed by atoms with Gasteiger partial charge in [0.2, 0.25) is 5.91 Å². The number of nitrogens with zero attached hydrogens (tertiary/aromatic N) is 3. The van der Waals surface area contributed by atoms with E-state index in [0.717, 1.165) is 30.4 Å². The molecule has 5 nitrogen and oxygen atoms in total. The van der Waals surface area contributed by atoms with E-state index < -0.39 is 0 Å². The van der Waals surface area contributed by atoms with E-state index in [-0.39, 0.29) is 5.91 Å². The average molecular weight is 308 g/mol. The molecule has 6 heteroatoms. The Hall–Kier alpha value is -1.11. The second-order valence-corrected chi connectivity index (χ2v) is 6.58. The van der Waals surface area contributed by atoms with Crippen molar-refractivity contribution in [2.75, 3.05) is 46.0 Å². The SMILES string of the molecule is CN1CCN(C)[C@H](CC(=O)NCCSc2ccccn2)C1. The predicted octanol–water partition coefficient (Wildman–Crippen LogP) is 0.926. The van der Waals surface area contributed by atoms with Crippen LogP contribution in [0.3, 0.4) is 0 Å². The molecule has 1 atom stereocenters. The van der Waals surface area contributed by atoms with Crippen LogP contribution in [-0.2, 0) is 4.79 Å². The lowest BCUT2D eigenvalue weighted by Crippen LogP contribution is -2.51. The third-order valence-electron chi connectivity index (χ3n) is 3.71. The number of piperazine rings is 1. The molecule has 1 saturated heterocycles. The van der Waals surface area contributed by atoms with Crippen molar-refractivity contribution in [1.29, 1.82) is 0 Å². The first kappa shape index (κ1) is 16.3. The highest BCUT2D eigenvalue weighted by atomic mass is 32.2. The number of pyridine rings is 1. The highest BCUT2D eigenvalue weighted by Gasteiger charge is 2.24. The molecule has 0 aliphatic carbocycles. The van der Waals surface area contributed by atoms with Crippen molar-refractivity contribution in [3.05, 3.63) is 24.4 Å². The largest absolute Gasteiger partial charge is 0.355 e. The van der Waals surface area contributed by atoms with Gasteiger partial charge in [0.15, 0.2) is 0 Å². The Morgan fingerprint density at radius 3 is 3.05 bits per heavy atom. The number of nitrogens with one attached hydrogen (secondary N) is 1. The molecular formula is C15H24N4OS. The van der Waals surface area contributed by atoms with Crippen LogP contribution in [0.5, 0.6) is 0 Å². The summed E-state index contributed by atoms with van der Waals surface area (Å²) in [4.78, 5) is 20.8. The second-order valence-electron chi connectivity index (χ2n) is 5.47. The standard InChI is InChI=1S/C15H24N4OS/c1-18-8-9-19(2)13(12-18)11-14(20)16-7-10-21-15-5-3-4-6-17-15/h3-6,13H,7-12H2,1-2H3,(H,16,20)/t13-/m1/s1. The molecule has 21 heavy (non-hydrogen) atoms. The van der Waals surface area contributed by atoms with E-state index in [1.807, 2.05) is 18.2 Å². The Morgan fingerprint density at radius 1 is 1.43 bits per heavy atom. The molecule has 1 aliphatic heterocycles. The summed E-state index contributed by atoms with van der Waals surface area (Å²) < 4.78 is 0. The molecule has 116 valence electrons. The van der Waals surface area contributed by atoms with Crippen molar-refractivity contribution in [2.45, 2.75) is 17.5 Å². The van der Waals surface area contributed by atoms with Crippen LogP contribution in [0, 0.1) is 0 Å². The topological polar surface area (TPSA) is 48.5 Å². The Bertz CT molecular complexity index is 443. The zero-order chi connectivity index (χ0) is 15.1. The summed E-state index contributed by atoms with van der Waals surface area (Å²) in [5.41, 5.74) is 0. The molecule has 2 heterocycles. The molecule has 1 aromatic heterocycles. The molecule has 0 bridgehead atoms. The third-order valence-corrected chi connectivity index (χ3v) is 4.66.